The van der Waals surface area contributed by atoms with Crippen LogP contribution in [-0.2, 0) is 4.79 Å². The Hall–Kier alpha value is -0.780. The Labute approximate surface area is 73.7 Å². The van der Waals surface area contributed by atoms with Crippen molar-refractivity contribution in [2.24, 2.45) is 5.92 Å². The normalized spacial score (nSPS) is 28.9. The lowest BCUT2D eigenvalue weighted by Gasteiger charge is -2.21. The molecule has 0 aromatic rings. The molecule has 0 aromatic heterocycles. The lowest BCUT2D eigenvalue weighted by molar-refractivity contribution is -0.174. The van der Waals surface area contributed by atoms with Gasteiger partial charge in [0.15, 0.2) is 0 Å². The van der Waals surface area contributed by atoms with E-state index in [2.05, 4.69) is 10.6 Å². The van der Waals surface area contributed by atoms with Crippen LogP contribution >= 0.6 is 0 Å². The summed E-state index contributed by atoms with van der Waals surface area (Å²) in [7, 11) is 0. The van der Waals surface area contributed by atoms with Crippen molar-refractivity contribution < 1.29 is 18.0 Å². The van der Waals surface area contributed by atoms with Crippen molar-refractivity contribution >= 4 is 5.91 Å². The van der Waals surface area contributed by atoms with E-state index in [0.717, 1.165) is 0 Å². The van der Waals surface area contributed by atoms with Crippen LogP contribution in [0.3, 0.4) is 0 Å². The molecule has 0 aliphatic carbocycles. The highest BCUT2D eigenvalue weighted by molar-refractivity contribution is 5.73. The molecule has 2 N–H and O–H groups in total. The second-order valence-corrected chi connectivity index (χ2v) is 3.11. The maximum atomic E-state index is 12.3. The van der Waals surface area contributed by atoms with Gasteiger partial charge < -0.3 is 10.6 Å². The van der Waals surface area contributed by atoms with Crippen LogP contribution in [0.25, 0.3) is 0 Å². The van der Waals surface area contributed by atoms with Crippen LogP contribution in [0, 0.1) is 5.92 Å². The van der Waals surface area contributed by atoms with Crippen LogP contribution < -0.4 is 10.6 Å². The van der Waals surface area contributed by atoms with Gasteiger partial charge in [-0.25, -0.2) is 0 Å². The predicted molar refractivity (Wildman–Crippen MR) is 40.0 cm³/mol. The van der Waals surface area contributed by atoms with Crippen LogP contribution in [0.2, 0.25) is 0 Å². The number of hydrogen-bond acceptors (Lipinski definition) is 2. The van der Waals surface area contributed by atoms with E-state index in [9.17, 15) is 18.0 Å². The van der Waals surface area contributed by atoms with Crippen molar-refractivity contribution in [3.05, 3.63) is 0 Å². The zero-order valence-corrected chi connectivity index (χ0v) is 7.11. The van der Waals surface area contributed by atoms with Crippen LogP contribution in [0.15, 0.2) is 0 Å². The number of nitrogens with one attached hydrogen (secondary N) is 2. The lowest BCUT2D eigenvalue weighted by atomic mass is 10.0. The Morgan fingerprint density at radius 1 is 1.46 bits per heavy atom. The number of amides is 1. The van der Waals surface area contributed by atoms with E-state index in [0.29, 0.717) is 0 Å². The summed E-state index contributed by atoms with van der Waals surface area (Å²) in [5, 5.41) is 4.88. The lowest BCUT2D eigenvalue weighted by Crippen LogP contribution is -2.44. The Morgan fingerprint density at radius 3 is 2.54 bits per heavy atom. The second kappa shape index (κ2) is 3.53. The molecule has 1 fully saturated rings. The Bertz CT molecular complexity index is 204. The fourth-order valence-electron chi connectivity index (χ4n) is 1.44. The number of rotatable bonds is 1. The number of alkyl halides is 3. The third kappa shape index (κ3) is 2.58. The maximum Gasteiger partial charge on any atom is 0.395 e. The molecule has 2 atom stereocenters. The smallest absolute Gasteiger partial charge is 0.352 e. The molecule has 1 aliphatic rings. The van der Waals surface area contributed by atoms with Crippen molar-refractivity contribution in [1.82, 2.24) is 10.6 Å². The average molecular weight is 196 g/mol. The van der Waals surface area contributed by atoms with Gasteiger partial charge in [0.1, 0.15) is 0 Å². The molecular formula is C7H11F3N2O. The molecule has 1 heterocycles. The molecule has 0 unspecified atom stereocenters. The summed E-state index contributed by atoms with van der Waals surface area (Å²) >= 11 is 0. The maximum absolute atomic E-state index is 12.3. The largest absolute Gasteiger partial charge is 0.395 e. The Morgan fingerprint density at radius 2 is 2.08 bits per heavy atom. The molecule has 76 valence electrons. The van der Waals surface area contributed by atoms with Gasteiger partial charge in [0.25, 0.3) is 0 Å². The van der Waals surface area contributed by atoms with Crippen molar-refractivity contribution in [3.8, 4) is 0 Å². The first-order valence-electron chi connectivity index (χ1n) is 3.96. The first-order chi connectivity index (χ1) is 5.91. The predicted octanol–water partition coefficient (Wildman–Crippen LogP) is 0.273. The molecular weight excluding hydrogens is 185 g/mol. The van der Waals surface area contributed by atoms with Gasteiger partial charge in [0, 0.05) is 20.0 Å². The zero-order chi connectivity index (χ0) is 10.1. The van der Waals surface area contributed by atoms with Gasteiger partial charge in [-0.05, 0) is 0 Å². The SMILES string of the molecule is CC(=O)N[C@@H]1CNC[C@H]1C(F)(F)F. The summed E-state index contributed by atoms with van der Waals surface area (Å²) in [6, 6.07) is -0.822. The fraction of sp³-hybridized carbons (Fsp3) is 0.857. The van der Waals surface area contributed by atoms with Crippen molar-refractivity contribution in [1.29, 1.82) is 0 Å². The summed E-state index contributed by atoms with van der Waals surface area (Å²) in [6.07, 6.45) is -4.24. The highest BCUT2D eigenvalue weighted by Crippen LogP contribution is 2.30. The van der Waals surface area contributed by atoms with E-state index in [1.54, 1.807) is 0 Å². The molecule has 6 heteroatoms. The van der Waals surface area contributed by atoms with Gasteiger partial charge >= 0.3 is 6.18 Å². The van der Waals surface area contributed by atoms with E-state index < -0.39 is 24.0 Å². The van der Waals surface area contributed by atoms with Crippen molar-refractivity contribution in [2.45, 2.75) is 19.1 Å². The van der Waals surface area contributed by atoms with Crippen molar-refractivity contribution in [3.63, 3.8) is 0 Å². The third-order valence-corrected chi connectivity index (χ3v) is 2.02. The van der Waals surface area contributed by atoms with E-state index in [-0.39, 0.29) is 13.1 Å². The monoisotopic (exact) mass is 196 g/mol. The zero-order valence-electron chi connectivity index (χ0n) is 7.11. The standard InChI is InChI=1S/C7H11F3N2O/c1-4(13)12-6-3-11-2-5(6)7(8,9)10/h5-6,11H,2-3H2,1H3,(H,12,13)/t5-,6-/m1/s1. The molecule has 1 rings (SSSR count). The van der Waals surface area contributed by atoms with Gasteiger partial charge in [-0.2, -0.15) is 13.2 Å². The highest BCUT2D eigenvalue weighted by Gasteiger charge is 2.47. The number of carbonyl (C=O) groups is 1. The van der Waals surface area contributed by atoms with Gasteiger partial charge in [-0.3, -0.25) is 4.79 Å². The van der Waals surface area contributed by atoms with Crippen LogP contribution in [0.4, 0.5) is 13.2 Å². The van der Waals surface area contributed by atoms with Gasteiger partial charge in [0.2, 0.25) is 5.91 Å². The Balaban J connectivity index is 2.59. The van der Waals surface area contributed by atoms with Crippen LogP contribution in [0.5, 0.6) is 0 Å². The van der Waals surface area contributed by atoms with Crippen LogP contribution in [0.1, 0.15) is 6.92 Å². The molecule has 0 radical (unpaired) electrons. The number of halogens is 3. The minimum Gasteiger partial charge on any atom is -0.352 e. The minimum atomic E-state index is -4.24. The first kappa shape index (κ1) is 10.3. The summed E-state index contributed by atoms with van der Waals surface area (Å²) < 4.78 is 36.8. The molecule has 0 saturated carbocycles. The molecule has 3 nitrogen and oxygen atoms in total. The van der Waals surface area contributed by atoms with Crippen molar-refractivity contribution in [2.75, 3.05) is 13.1 Å². The van der Waals surface area contributed by atoms with E-state index in [1.165, 1.54) is 6.92 Å². The summed E-state index contributed by atoms with van der Waals surface area (Å²) in [6.45, 7) is 1.28. The fourth-order valence-corrected chi connectivity index (χ4v) is 1.44. The molecule has 1 saturated heterocycles. The Kier molecular flexibility index (Phi) is 2.80. The topological polar surface area (TPSA) is 41.1 Å². The molecule has 1 amide bonds. The second-order valence-electron chi connectivity index (χ2n) is 3.11. The summed E-state index contributed by atoms with van der Waals surface area (Å²) in [5.74, 6) is -1.89. The van der Waals surface area contributed by atoms with Gasteiger partial charge in [0.05, 0.1) is 12.0 Å². The van der Waals surface area contributed by atoms with E-state index >= 15 is 0 Å². The van der Waals surface area contributed by atoms with Gasteiger partial charge in [-0.1, -0.05) is 0 Å². The quantitative estimate of drug-likeness (QED) is 0.632. The number of hydrogen-bond donors (Lipinski definition) is 2. The number of carbonyl (C=O) groups excluding carboxylic acids is 1. The van der Waals surface area contributed by atoms with E-state index in [1.807, 2.05) is 0 Å². The molecule has 13 heavy (non-hydrogen) atoms. The summed E-state index contributed by atoms with van der Waals surface area (Å²) in [5.41, 5.74) is 0. The van der Waals surface area contributed by atoms with Crippen LogP contribution in [-0.4, -0.2) is 31.2 Å². The molecule has 1 aliphatic heterocycles. The van der Waals surface area contributed by atoms with Gasteiger partial charge in [-0.15, -0.1) is 0 Å². The first-order valence-corrected chi connectivity index (χ1v) is 3.96. The molecule has 0 spiro atoms. The summed E-state index contributed by atoms with van der Waals surface area (Å²) in [4.78, 5) is 10.6. The van der Waals surface area contributed by atoms with E-state index in [4.69, 9.17) is 0 Å². The third-order valence-electron chi connectivity index (χ3n) is 2.02. The molecule has 0 bridgehead atoms. The minimum absolute atomic E-state index is 0.117. The molecule has 0 aromatic carbocycles. The highest BCUT2D eigenvalue weighted by atomic mass is 19.4. The average Bonchev–Trinajstić information content (AvgIpc) is 2.31.